The quantitative estimate of drug-likeness (QED) is 0.942. The molecule has 0 unspecified atom stereocenters. The Morgan fingerprint density at radius 3 is 2.50 bits per heavy atom. The van der Waals surface area contributed by atoms with E-state index in [1.54, 1.807) is 0 Å². The summed E-state index contributed by atoms with van der Waals surface area (Å²) in [4.78, 5) is 19.4. The predicted octanol–water partition coefficient (Wildman–Crippen LogP) is 3.16. The van der Waals surface area contributed by atoms with Crippen LogP contribution in [0.5, 0.6) is 0 Å². The molecule has 1 aromatic carbocycles. The summed E-state index contributed by atoms with van der Waals surface area (Å²) in [7, 11) is 0. The van der Waals surface area contributed by atoms with Crippen molar-refractivity contribution < 1.29 is 9.90 Å². The van der Waals surface area contributed by atoms with Crippen molar-refractivity contribution >= 4 is 6.09 Å². The Kier molecular flexibility index (Phi) is 4.81. The van der Waals surface area contributed by atoms with E-state index in [0.717, 1.165) is 36.6 Å². The minimum Gasteiger partial charge on any atom is -0.465 e. The first kappa shape index (κ1) is 16.5. The molecule has 2 aromatic rings. The molecule has 1 fully saturated rings. The van der Waals surface area contributed by atoms with Crippen LogP contribution >= 0.6 is 0 Å². The molecule has 24 heavy (non-hydrogen) atoms. The van der Waals surface area contributed by atoms with Gasteiger partial charge in [-0.15, -0.1) is 0 Å². The zero-order chi connectivity index (χ0) is 17.1. The van der Waals surface area contributed by atoms with Gasteiger partial charge in [0.05, 0.1) is 5.69 Å². The first-order chi connectivity index (χ1) is 11.5. The lowest BCUT2D eigenvalue weighted by Gasteiger charge is -2.32. The maximum absolute atomic E-state index is 11.0. The highest BCUT2D eigenvalue weighted by molar-refractivity contribution is 5.66. The lowest BCUT2D eigenvalue weighted by molar-refractivity contribution is 0.102. The maximum atomic E-state index is 11.0. The van der Waals surface area contributed by atoms with Crippen LogP contribution in [-0.4, -0.2) is 52.2 Å². The second kappa shape index (κ2) is 7.01. The van der Waals surface area contributed by atoms with E-state index in [1.165, 1.54) is 16.0 Å². The van der Waals surface area contributed by atoms with Crippen LogP contribution < -0.4 is 0 Å². The molecule has 1 aliphatic heterocycles. The van der Waals surface area contributed by atoms with Crippen LogP contribution in [0.15, 0.2) is 36.4 Å². The van der Waals surface area contributed by atoms with Crippen molar-refractivity contribution in [2.24, 2.45) is 0 Å². The molecule has 1 amide bonds. The van der Waals surface area contributed by atoms with Crippen molar-refractivity contribution in [1.29, 1.82) is 0 Å². The standard InChI is InChI=1S/C19H23N3O2/c1-14-4-3-5-16(12-14)18-7-6-17(20-15(18)2)13-21-8-10-22(11-9-21)19(23)24/h3-7,12H,8-11,13H2,1-2H3,(H,23,24). The summed E-state index contributed by atoms with van der Waals surface area (Å²) in [6.07, 6.45) is -0.828. The van der Waals surface area contributed by atoms with E-state index in [9.17, 15) is 4.79 Å². The van der Waals surface area contributed by atoms with Gasteiger partial charge < -0.3 is 10.0 Å². The average molecular weight is 325 g/mol. The third-order valence-corrected chi connectivity index (χ3v) is 4.50. The molecule has 0 radical (unpaired) electrons. The highest BCUT2D eigenvalue weighted by Gasteiger charge is 2.20. The summed E-state index contributed by atoms with van der Waals surface area (Å²) < 4.78 is 0. The number of carbonyl (C=O) groups is 1. The Morgan fingerprint density at radius 1 is 1.12 bits per heavy atom. The van der Waals surface area contributed by atoms with E-state index in [1.807, 2.05) is 6.92 Å². The second-order valence-corrected chi connectivity index (χ2v) is 6.35. The van der Waals surface area contributed by atoms with Gasteiger partial charge in [-0.25, -0.2) is 4.79 Å². The van der Waals surface area contributed by atoms with Gasteiger partial charge in [0.15, 0.2) is 0 Å². The van der Waals surface area contributed by atoms with E-state index in [0.29, 0.717) is 13.1 Å². The van der Waals surface area contributed by atoms with Gasteiger partial charge in [-0.1, -0.05) is 35.9 Å². The number of aryl methyl sites for hydroxylation is 2. The fourth-order valence-electron chi connectivity index (χ4n) is 3.15. The van der Waals surface area contributed by atoms with Crippen molar-refractivity contribution in [3.8, 4) is 11.1 Å². The summed E-state index contributed by atoms with van der Waals surface area (Å²) in [5, 5.41) is 9.00. The zero-order valence-corrected chi connectivity index (χ0v) is 14.2. The highest BCUT2D eigenvalue weighted by Crippen LogP contribution is 2.23. The first-order valence-electron chi connectivity index (χ1n) is 8.27. The fraction of sp³-hybridized carbons (Fsp3) is 0.368. The lowest BCUT2D eigenvalue weighted by atomic mass is 10.0. The molecule has 0 saturated carbocycles. The first-order valence-corrected chi connectivity index (χ1v) is 8.27. The Morgan fingerprint density at radius 2 is 1.88 bits per heavy atom. The molecule has 5 nitrogen and oxygen atoms in total. The molecule has 1 saturated heterocycles. The molecule has 0 bridgehead atoms. The second-order valence-electron chi connectivity index (χ2n) is 6.35. The van der Waals surface area contributed by atoms with E-state index >= 15 is 0 Å². The van der Waals surface area contributed by atoms with Gasteiger partial charge in [-0.2, -0.15) is 0 Å². The molecule has 1 aromatic heterocycles. The number of hydrogen-bond acceptors (Lipinski definition) is 3. The molecular formula is C19H23N3O2. The van der Waals surface area contributed by atoms with Crippen LogP contribution in [0.1, 0.15) is 17.0 Å². The van der Waals surface area contributed by atoms with E-state index in [4.69, 9.17) is 10.1 Å². The Bertz CT molecular complexity index is 737. The third-order valence-electron chi connectivity index (χ3n) is 4.50. The minimum absolute atomic E-state index is 0.565. The number of pyridine rings is 1. The summed E-state index contributed by atoms with van der Waals surface area (Å²) in [6.45, 7) is 7.55. The molecule has 0 aliphatic carbocycles. The fourth-order valence-corrected chi connectivity index (χ4v) is 3.15. The zero-order valence-electron chi connectivity index (χ0n) is 14.2. The van der Waals surface area contributed by atoms with Gasteiger partial charge in [-0.05, 0) is 25.5 Å². The van der Waals surface area contributed by atoms with Crippen LogP contribution in [-0.2, 0) is 6.54 Å². The van der Waals surface area contributed by atoms with Gasteiger partial charge >= 0.3 is 6.09 Å². The molecule has 0 atom stereocenters. The third kappa shape index (κ3) is 3.74. The molecule has 2 heterocycles. The average Bonchev–Trinajstić information content (AvgIpc) is 2.55. The molecule has 1 N–H and O–H groups in total. The smallest absolute Gasteiger partial charge is 0.407 e. The van der Waals surface area contributed by atoms with E-state index in [-0.39, 0.29) is 0 Å². The number of amides is 1. The van der Waals surface area contributed by atoms with Crippen molar-refractivity contribution in [3.63, 3.8) is 0 Å². The summed E-state index contributed by atoms with van der Waals surface area (Å²) in [5.74, 6) is 0. The number of aromatic nitrogens is 1. The Balaban J connectivity index is 1.68. The van der Waals surface area contributed by atoms with Gasteiger partial charge in [0.2, 0.25) is 0 Å². The van der Waals surface area contributed by atoms with E-state index < -0.39 is 6.09 Å². The van der Waals surface area contributed by atoms with Crippen LogP contribution in [0, 0.1) is 13.8 Å². The SMILES string of the molecule is Cc1cccc(-c2ccc(CN3CCN(C(=O)O)CC3)nc2C)c1. The lowest BCUT2D eigenvalue weighted by Crippen LogP contribution is -2.47. The summed E-state index contributed by atoms with van der Waals surface area (Å²) in [6, 6.07) is 12.7. The number of rotatable bonds is 3. The number of nitrogens with zero attached hydrogens (tertiary/aromatic N) is 3. The Labute approximate surface area is 142 Å². The predicted molar refractivity (Wildman–Crippen MR) is 94.0 cm³/mol. The van der Waals surface area contributed by atoms with Gasteiger partial charge in [-0.3, -0.25) is 9.88 Å². The highest BCUT2D eigenvalue weighted by atomic mass is 16.4. The van der Waals surface area contributed by atoms with E-state index in [2.05, 4.69) is 48.2 Å². The van der Waals surface area contributed by atoms with Crippen molar-refractivity contribution in [2.45, 2.75) is 20.4 Å². The largest absolute Gasteiger partial charge is 0.465 e. The van der Waals surface area contributed by atoms with Crippen LogP contribution in [0.2, 0.25) is 0 Å². The van der Waals surface area contributed by atoms with Crippen molar-refractivity contribution in [3.05, 3.63) is 53.3 Å². The van der Waals surface area contributed by atoms with Crippen LogP contribution in [0.25, 0.3) is 11.1 Å². The number of benzene rings is 1. The van der Waals surface area contributed by atoms with Crippen LogP contribution in [0.4, 0.5) is 4.79 Å². The number of carboxylic acid groups (broad SMARTS) is 1. The number of hydrogen-bond donors (Lipinski definition) is 1. The molecule has 126 valence electrons. The van der Waals surface area contributed by atoms with Crippen LogP contribution in [0.3, 0.4) is 0 Å². The molecule has 3 rings (SSSR count). The number of piperazine rings is 1. The summed E-state index contributed by atoms with van der Waals surface area (Å²) >= 11 is 0. The van der Waals surface area contributed by atoms with Crippen molar-refractivity contribution in [2.75, 3.05) is 26.2 Å². The van der Waals surface area contributed by atoms with Gasteiger partial charge in [0.1, 0.15) is 0 Å². The molecule has 0 spiro atoms. The molecular weight excluding hydrogens is 302 g/mol. The topological polar surface area (TPSA) is 56.7 Å². The molecule has 1 aliphatic rings. The van der Waals surface area contributed by atoms with Gasteiger partial charge in [0.25, 0.3) is 0 Å². The minimum atomic E-state index is -0.828. The normalized spacial score (nSPS) is 15.5. The van der Waals surface area contributed by atoms with Crippen molar-refractivity contribution in [1.82, 2.24) is 14.8 Å². The monoisotopic (exact) mass is 325 g/mol. The Hall–Kier alpha value is -2.40. The summed E-state index contributed by atoms with van der Waals surface area (Å²) in [5.41, 5.74) is 5.67. The maximum Gasteiger partial charge on any atom is 0.407 e. The van der Waals surface area contributed by atoms with Gasteiger partial charge in [0, 0.05) is 44.0 Å². The molecule has 5 heteroatoms.